The van der Waals surface area contributed by atoms with Crippen molar-refractivity contribution in [3.63, 3.8) is 0 Å². The second kappa shape index (κ2) is 9.63. The van der Waals surface area contributed by atoms with E-state index in [1.165, 1.54) is 6.92 Å². The molecule has 1 aliphatic rings. The van der Waals surface area contributed by atoms with Crippen LogP contribution in [0, 0.1) is 0 Å². The van der Waals surface area contributed by atoms with Crippen molar-refractivity contribution in [1.82, 2.24) is 16.0 Å². The summed E-state index contributed by atoms with van der Waals surface area (Å²) in [6.45, 7) is 1.33. The van der Waals surface area contributed by atoms with Gasteiger partial charge in [0.1, 0.15) is 23.9 Å². The number of nitrogens with one attached hydrogen (secondary N) is 3. The molecular weight excluding hydrogens is 366 g/mol. The highest BCUT2D eigenvalue weighted by Gasteiger charge is 2.35. The maximum atomic E-state index is 12.3. The summed E-state index contributed by atoms with van der Waals surface area (Å²) < 4.78 is 0. The van der Waals surface area contributed by atoms with Crippen molar-refractivity contribution in [2.24, 2.45) is 0 Å². The summed E-state index contributed by atoms with van der Waals surface area (Å²) in [5.74, 6) is -3.07. The molecule has 3 amide bonds. The summed E-state index contributed by atoms with van der Waals surface area (Å²) in [5, 5.41) is 16.5. The second-order valence-electron chi connectivity index (χ2n) is 6.72. The lowest BCUT2D eigenvalue weighted by Gasteiger charge is -2.29. The number of carboxylic acids is 1. The Morgan fingerprint density at radius 2 is 1.68 bits per heavy atom. The van der Waals surface area contributed by atoms with Crippen LogP contribution in [0.5, 0.6) is 0 Å². The predicted molar refractivity (Wildman–Crippen MR) is 98.1 cm³/mol. The molecule has 150 valence electrons. The quantitative estimate of drug-likeness (QED) is 0.450. The van der Waals surface area contributed by atoms with E-state index < -0.39 is 41.8 Å². The van der Waals surface area contributed by atoms with Crippen molar-refractivity contribution in [2.45, 2.75) is 50.7 Å². The number of Topliss-reactive ketones (excluding diaryl/α,β-unsaturated/α-hetero) is 1. The second-order valence-corrected chi connectivity index (χ2v) is 6.72. The van der Waals surface area contributed by atoms with Gasteiger partial charge in [-0.1, -0.05) is 30.3 Å². The van der Waals surface area contributed by atoms with Crippen molar-refractivity contribution < 1.29 is 29.1 Å². The smallest absolute Gasteiger partial charge is 0.326 e. The van der Waals surface area contributed by atoms with Gasteiger partial charge in [0.15, 0.2) is 0 Å². The van der Waals surface area contributed by atoms with Gasteiger partial charge in [-0.3, -0.25) is 14.4 Å². The van der Waals surface area contributed by atoms with Gasteiger partial charge in [-0.2, -0.15) is 0 Å². The van der Waals surface area contributed by atoms with Crippen LogP contribution in [0.2, 0.25) is 0 Å². The molecule has 9 nitrogen and oxygen atoms in total. The number of piperazine rings is 1. The predicted octanol–water partition coefficient (Wildman–Crippen LogP) is -0.459. The summed E-state index contributed by atoms with van der Waals surface area (Å²) >= 11 is 0. The Morgan fingerprint density at radius 1 is 1.07 bits per heavy atom. The number of amides is 3. The Bertz CT molecular complexity index is 764. The first-order valence-corrected chi connectivity index (χ1v) is 8.92. The first-order chi connectivity index (χ1) is 13.3. The van der Waals surface area contributed by atoms with E-state index in [0.717, 1.165) is 5.56 Å². The molecule has 1 fully saturated rings. The minimum absolute atomic E-state index is 0.0130. The molecule has 0 bridgehead atoms. The van der Waals surface area contributed by atoms with Crippen LogP contribution < -0.4 is 16.0 Å². The number of hydrogen-bond acceptors (Lipinski definition) is 5. The Hall–Kier alpha value is -3.23. The lowest BCUT2D eigenvalue weighted by atomic mass is 10.0. The lowest BCUT2D eigenvalue weighted by molar-refractivity contribution is -0.143. The summed E-state index contributed by atoms with van der Waals surface area (Å²) in [6.07, 6.45) is -0.0964. The number of rotatable bonds is 9. The van der Waals surface area contributed by atoms with Crippen molar-refractivity contribution in [3.05, 3.63) is 35.9 Å². The van der Waals surface area contributed by atoms with Crippen LogP contribution >= 0.6 is 0 Å². The van der Waals surface area contributed by atoms with Gasteiger partial charge in [-0.15, -0.1) is 0 Å². The molecule has 0 aromatic heterocycles. The summed E-state index contributed by atoms with van der Waals surface area (Å²) in [7, 11) is 0. The number of carboxylic acid groups (broad SMARTS) is 1. The molecule has 0 aliphatic carbocycles. The summed E-state index contributed by atoms with van der Waals surface area (Å²) in [4.78, 5) is 58.8. The van der Waals surface area contributed by atoms with Crippen LogP contribution in [-0.4, -0.2) is 52.7 Å². The van der Waals surface area contributed by atoms with Gasteiger partial charge < -0.3 is 25.9 Å². The molecule has 1 aromatic rings. The van der Waals surface area contributed by atoms with E-state index in [0.29, 0.717) is 6.42 Å². The SMILES string of the molecule is CC(=O)CC[C@H](NC(=O)C[C@@H]1NC(=O)[C@H](Cc2ccccc2)NC1=O)C(=O)O. The highest BCUT2D eigenvalue weighted by Crippen LogP contribution is 2.09. The fourth-order valence-corrected chi connectivity index (χ4v) is 2.86. The Morgan fingerprint density at radius 3 is 2.29 bits per heavy atom. The van der Waals surface area contributed by atoms with E-state index in [4.69, 9.17) is 5.11 Å². The van der Waals surface area contributed by atoms with Gasteiger partial charge in [0.25, 0.3) is 0 Å². The third-order valence-corrected chi connectivity index (χ3v) is 4.36. The standard InChI is InChI=1S/C19H23N3O6/c1-11(23)7-8-13(19(27)28)20-16(24)10-15-18(26)21-14(17(25)22-15)9-12-5-3-2-4-6-12/h2-6,13-15H,7-10H2,1H3,(H,20,24)(H,21,26)(H,22,25)(H,27,28)/t13-,14-,15-/m0/s1. The molecule has 3 atom stereocenters. The molecule has 4 N–H and O–H groups in total. The third kappa shape index (κ3) is 6.19. The number of carbonyl (C=O) groups excluding carboxylic acids is 4. The van der Waals surface area contributed by atoms with E-state index >= 15 is 0 Å². The zero-order valence-corrected chi connectivity index (χ0v) is 15.4. The molecule has 28 heavy (non-hydrogen) atoms. The van der Waals surface area contributed by atoms with Gasteiger partial charge in [0.05, 0.1) is 6.42 Å². The van der Waals surface area contributed by atoms with E-state index in [2.05, 4.69) is 16.0 Å². The lowest BCUT2D eigenvalue weighted by Crippen LogP contribution is -2.63. The number of aliphatic carboxylic acids is 1. The first kappa shape index (κ1) is 21.1. The van der Waals surface area contributed by atoms with Gasteiger partial charge in [-0.05, 0) is 18.9 Å². The largest absolute Gasteiger partial charge is 0.480 e. The number of ketones is 1. The first-order valence-electron chi connectivity index (χ1n) is 8.92. The number of carbonyl (C=O) groups is 5. The van der Waals surface area contributed by atoms with Gasteiger partial charge in [0.2, 0.25) is 17.7 Å². The summed E-state index contributed by atoms with van der Waals surface area (Å²) in [6, 6.07) is 6.13. The average molecular weight is 389 g/mol. The monoisotopic (exact) mass is 389 g/mol. The zero-order valence-electron chi connectivity index (χ0n) is 15.4. The van der Waals surface area contributed by atoms with Crippen LogP contribution in [0.25, 0.3) is 0 Å². The third-order valence-electron chi connectivity index (χ3n) is 4.36. The van der Waals surface area contributed by atoms with Crippen molar-refractivity contribution in [1.29, 1.82) is 0 Å². The van der Waals surface area contributed by atoms with Gasteiger partial charge in [0, 0.05) is 12.8 Å². The maximum Gasteiger partial charge on any atom is 0.326 e. The highest BCUT2D eigenvalue weighted by molar-refractivity contribution is 5.99. The van der Waals surface area contributed by atoms with Crippen LogP contribution in [0.1, 0.15) is 31.7 Å². The molecule has 2 rings (SSSR count). The maximum absolute atomic E-state index is 12.3. The molecule has 0 unspecified atom stereocenters. The molecule has 0 radical (unpaired) electrons. The molecule has 0 spiro atoms. The minimum Gasteiger partial charge on any atom is -0.480 e. The molecule has 0 saturated carbocycles. The van der Waals surface area contributed by atoms with E-state index in [9.17, 15) is 24.0 Å². The Balaban J connectivity index is 1.89. The topological polar surface area (TPSA) is 142 Å². The van der Waals surface area contributed by atoms with E-state index in [1.807, 2.05) is 30.3 Å². The number of benzene rings is 1. The molecule has 1 saturated heterocycles. The zero-order chi connectivity index (χ0) is 20.7. The fourth-order valence-electron chi connectivity index (χ4n) is 2.86. The van der Waals surface area contributed by atoms with Crippen LogP contribution in [0.3, 0.4) is 0 Å². The average Bonchev–Trinajstić information content (AvgIpc) is 2.63. The highest BCUT2D eigenvalue weighted by atomic mass is 16.4. The fraction of sp³-hybridized carbons (Fsp3) is 0.421. The molecular formula is C19H23N3O6. The molecule has 1 aromatic carbocycles. The van der Waals surface area contributed by atoms with Gasteiger partial charge in [-0.25, -0.2) is 4.79 Å². The normalized spacial score (nSPS) is 19.9. The van der Waals surface area contributed by atoms with Crippen molar-refractivity contribution in [2.75, 3.05) is 0 Å². The van der Waals surface area contributed by atoms with Crippen LogP contribution in [-0.2, 0) is 30.4 Å². The van der Waals surface area contributed by atoms with Crippen molar-refractivity contribution >= 4 is 29.5 Å². The van der Waals surface area contributed by atoms with Crippen LogP contribution in [0.15, 0.2) is 30.3 Å². The van der Waals surface area contributed by atoms with Crippen molar-refractivity contribution in [3.8, 4) is 0 Å². The number of hydrogen-bond donors (Lipinski definition) is 4. The molecule has 1 heterocycles. The molecule has 1 aliphatic heterocycles. The Labute approximate surface area is 161 Å². The summed E-state index contributed by atoms with van der Waals surface area (Å²) in [5.41, 5.74) is 0.883. The van der Waals surface area contributed by atoms with Crippen LogP contribution in [0.4, 0.5) is 0 Å². The Kier molecular flexibility index (Phi) is 7.25. The molecule has 9 heteroatoms. The minimum atomic E-state index is -1.27. The van der Waals surface area contributed by atoms with E-state index in [-0.39, 0.29) is 25.0 Å². The van der Waals surface area contributed by atoms with E-state index in [1.54, 1.807) is 0 Å². The van der Waals surface area contributed by atoms with Gasteiger partial charge >= 0.3 is 5.97 Å².